The molecule has 1 N–H and O–H groups in total. The lowest BCUT2D eigenvalue weighted by molar-refractivity contribution is 0.0207. The molecule has 3 aliphatic heterocycles. The Bertz CT molecular complexity index is 554. The van der Waals surface area contributed by atoms with Gasteiger partial charge in [0.05, 0.1) is 0 Å². The molecule has 3 fully saturated rings. The molecule has 0 radical (unpaired) electrons. The molecule has 2 saturated heterocycles. The van der Waals surface area contributed by atoms with E-state index in [0.29, 0.717) is 11.5 Å². The Morgan fingerprint density at radius 3 is 3.10 bits per heavy atom. The van der Waals surface area contributed by atoms with Gasteiger partial charge in [-0.2, -0.15) is 0 Å². The Hall–Kier alpha value is -1.02. The van der Waals surface area contributed by atoms with Crippen LogP contribution in [0.5, 0.6) is 0 Å². The van der Waals surface area contributed by atoms with Crippen molar-refractivity contribution in [3.8, 4) is 0 Å². The minimum atomic E-state index is 0.436. The maximum Gasteiger partial charge on any atom is 0.0382 e. The van der Waals surface area contributed by atoms with Crippen LogP contribution in [-0.2, 0) is 5.41 Å². The van der Waals surface area contributed by atoms with Gasteiger partial charge in [0.2, 0.25) is 0 Å². The van der Waals surface area contributed by atoms with Crippen LogP contribution in [0.2, 0.25) is 0 Å². The van der Waals surface area contributed by atoms with Crippen LogP contribution in [0.25, 0.3) is 0 Å². The predicted octanol–water partition coefficient (Wildman–Crippen LogP) is 3.24. The third-order valence-electron chi connectivity index (χ3n) is 6.95. The van der Waals surface area contributed by atoms with Gasteiger partial charge in [0, 0.05) is 29.7 Å². The van der Waals surface area contributed by atoms with E-state index in [2.05, 4.69) is 41.4 Å². The van der Waals surface area contributed by atoms with Crippen molar-refractivity contribution in [2.24, 2.45) is 11.8 Å². The minimum Gasteiger partial charge on any atom is -0.381 e. The molecule has 1 aromatic carbocycles. The van der Waals surface area contributed by atoms with Gasteiger partial charge in [0.15, 0.2) is 0 Å². The van der Waals surface area contributed by atoms with E-state index in [-0.39, 0.29) is 0 Å². The summed E-state index contributed by atoms with van der Waals surface area (Å²) in [4.78, 5) is 2.83. The van der Waals surface area contributed by atoms with Gasteiger partial charge in [-0.25, -0.2) is 0 Å². The molecule has 2 nitrogen and oxygen atoms in total. The van der Waals surface area contributed by atoms with Crippen molar-refractivity contribution in [2.45, 2.75) is 50.1 Å². The summed E-state index contributed by atoms with van der Waals surface area (Å²) in [6, 6.07) is 10.6. The number of rotatable bonds is 1. The third kappa shape index (κ3) is 1.21. The van der Waals surface area contributed by atoms with E-state index in [4.69, 9.17) is 0 Å². The zero-order valence-corrected chi connectivity index (χ0v) is 12.3. The molecule has 1 aromatic rings. The van der Waals surface area contributed by atoms with Crippen LogP contribution in [-0.4, -0.2) is 30.1 Å². The fraction of sp³-hybridized carbons (Fsp3) is 0.667. The Kier molecular flexibility index (Phi) is 2.20. The maximum absolute atomic E-state index is 3.90. The Balaban J connectivity index is 1.64. The van der Waals surface area contributed by atoms with Crippen LogP contribution < -0.4 is 5.32 Å². The molecule has 5 rings (SSSR count). The highest BCUT2D eigenvalue weighted by molar-refractivity contribution is 5.64. The topological polar surface area (TPSA) is 15.3 Å². The first-order valence-corrected chi connectivity index (χ1v) is 8.43. The number of nitrogens with zero attached hydrogens (tertiary/aromatic N) is 1. The maximum atomic E-state index is 3.90. The average molecular weight is 268 g/mol. The second kappa shape index (κ2) is 3.79. The van der Waals surface area contributed by atoms with E-state index < -0.39 is 0 Å². The lowest BCUT2D eigenvalue weighted by atomic mass is 9.59. The van der Waals surface area contributed by atoms with E-state index >= 15 is 0 Å². The number of piperidine rings is 1. The van der Waals surface area contributed by atoms with Gasteiger partial charge in [-0.1, -0.05) is 31.5 Å². The predicted molar refractivity (Wildman–Crippen MR) is 82.0 cm³/mol. The Morgan fingerprint density at radius 1 is 1.30 bits per heavy atom. The lowest BCUT2D eigenvalue weighted by Gasteiger charge is -2.53. The van der Waals surface area contributed by atoms with E-state index in [1.54, 1.807) is 5.56 Å². The van der Waals surface area contributed by atoms with Gasteiger partial charge in [0.25, 0.3) is 0 Å². The average Bonchev–Trinajstić information content (AvgIpc) is 3.02. The van der Waals surface area contributed by atoms with E-state index in [1.807, 2.05) is 0 Å². The van der Waals surface area contributed by atoms with Gasteiger partial charge in [-0.15, -0.1) is 0 Å². The first kappa shape index (κ1) is 11.6. The van der Waals surface area contributed by atoms with Gasteiger partial charge < -0.3 is 5.32 Å². The molecular weight excluding hydrogens is 244 g/mol. The molecule has 2 heteroatoms. The smallest absolute Gasteiger partial charge is 0.0382 e. The first-order valence-electron chi connectivity index (χ1n) is 8.43. The highest BCUT2D eigenvalue weighted by Gasteiger charge is 2.62. The molecule has 0 amide bonds. The number of nitrogens with one attached hydrogen (secondary N) is 1. The summed E-state index contributed by atoms with van der Waals surface area (Å²) in [6.07, 6.45) is 5.58. The fourth-order valence-corrected chi connectivity index (χ4v) is 6.05. The van der Waals surface area contributed by atoms with Crippen molar-refractivity contribution in [1.29, 1.82) is 0 Å². The van der Waals surface area contributed by atoms with Crippen molar-refractivity contribution < 1.29 is 0 Å². The zero-order chi connectivity index (χ0) is 13.3. The van der Waals surface area contributed by atoms with Crippen LogP contribution in [0.15, 0.2) is 24.3 Å². The standard InChI is InChI=1S/C18H24N2/c1-2-12-11-20-8-7-18-14-5-3-4-6-15(14)19-16(18)9-13(12)10-17(18)20/h3-6,12-13,16-17,19H,2,7-11H2,1H3/t12-,13+,16+,17+,18?/m1/s1. The van der Waals surface area contributed by atoms with Crippen LogP contribution >= 0.6 is 0 Å². The van der Waals surface area contributed by atoms with Crippen LogP contribution in [0.3, 0.4) is 0 Å². The molecule has 106 valence electrons. The van der Waals surface area contributed by atoms with Crippen LogP contribution in [0.1, 0.15) is 38.2 Å². The summed E-state index contributed by atoms with van der Waals surface area (Å²) in [5, 5.41) is 3.90. The second-order valence-corrected chi connectivity index (χ2v) is 7.44. The zero-order valence-electron chi connectivity index (χ0n) is 12.3. The summed E-state index contributed by atoms with van der Waals surface area (Å²) < 4.78 is 0. The number of para-hydroxylation sites is 1. The quantitative estimate of drug-likeness (QED) is 0.841. The monoisotopic (exact) mass is 268 g/mol. The number of hydrogen-bond donors (Lipinski definition) is 1. The molecular formula is C18H24N2. The normalized spacial score (nSPS) is 44.9. The number of anilines is 1. The van der Waals surface area contributed by atoms with Crippen molar-refractivity contribution in [1.82, 2.24) is 4.90 Å². The van der Waals surface area contributed by atoms with E-state index in [9.17, 15) is 0 Å². The number of benzene rings is 1. The second-order valence-electron chi connectivity index (χ2n) is 7.44. The molecule has 1 spiro atoms. The highest BCUT2D eigenvalue weighted by atomic mass is 15.2. The summed E-state index contributed by atoms with van der Waals surface area (Å²) in [6.45, 7) is 5.07. The summed E-state index contributed by atoms with van der Waals surface area (Å²) in [5.41, 5.74) is 3.50. The SMILES string of the molecule is CC[C@@H]1CN2CCC34c5ccccc5N[C@H]3C[C@H]1C[C@H]24. The van der Waals surface area contributed by atoms with Crippen molar-refractivity contribution in [3.63, 3.8) is 0 Å². The van der Waals surface area contributed by atoms with Gasteiger partial charge in [0.1, 0.15) is 0 Å². The first-order chi connectivity index (χ1) is 9.83. The number of fused-ring (bicyclic) bond motifs is 2. The van der Waals surface area contributed by atoms with Gasteiger partial charge >= 0.3 is 0 Å². The Labute approximate surface area is 121 Å². The van der Waals surface area contributed by atoms with Crippen molar-refractivity contribution in [3.05, 3.63) is 29.8 Å². The molecule has 20 heavy (non-hydrogen) atoms. The van der Waals surface area contributed by atoms with Crippen molar-refractivity contribution in [2.75, 3.05) is 18.4 Å². The lowest BCUT2D eigenvalue weighted by Crippen LogP contribution is -2.59. The van der Waals surface area contributed by atoms with Crippen LogP contribution in [0, 0.1) is 11.8 Å². The van der Waals surface area contributed by atoms with E-state index in [0.717, 1.165) is 17.9 Å². The van der Waals surface area contributed by atoms with E-state index in [1.165, 1.54) is 44.5 Å². The van der Waals surface area contributed by atoms with Gasteiger partial charge in [-0.3, -0.25) is 4.90 Å². The fourth-order valence-electron chi connectivity index (χ4n) is 6.05. The van der Waals surface area contributed by atoms with Gasteiger partial charge in [-0.05, 0) is 49.3 Å². The molecule has 1 saturated carbocycles. The van der Waals surface area contributed by atoms with Crippen molar-refractivity contribution >= 4 is 5.69 Å². The summed E-state index contributed by atoms with van der Waals surface area (Å²) in [5.74, 6) is 1.90. The molecule has 1 unspecified atom stereocenters. The number of hydrogen-bond acceptors (Lipinski definition) is 2. The molecule has 0 aromatic heterocycles. The molecule has 4 aliphatic rings. The largest absolute Gasteiger partial charge is 0.381 e. The third-order valence-corrected chi connectivity index (χ3v) is 6.95. The minimum absolute atomic E-state index is 0.436. The molecule has 1 aliphatic carbocycles. The Morgan fingerprint density at radius 2 is 2.20 bits per heavy atom. The molecule has 5 atom stereocenters. The molecule has 3 heterocycles. The van der Waals surface area contributed by atoms with Crippen LogP contribution in [0.4, 0.5) is 5.69 Å². The summed E-state index contributed by atoms with van der Waals surface area (Å²) >= 11 is 0. The molecule has 2 bridgehead atoms. The highest BCUT2D eigenvalue weighted by Crippen LogP contribution is 2.59. The summed E-state index contributed by atoms with van der Waals surface area (Å²) in [7, 11) is 0.